The maximum absolute atomic E-state index is 12.7. The number of imide groups is 1. The molecule has 154 valence electrons. The van der Waals surface area contributed by atoms with E-state index in [0.29, 0.717) is 42.9 Å². The Hall–Kier alpha value is -2.74. The van der Waals surface area contributed by atoms with Gasteiger partial charge in [-0.25, -0.2) is 0 Å². The zero-order valence-electron chi connectivity index (χ0n) is 16.5. The zero-order valence-corrected chi connectivity index (χ0v) is 16.5. The molecule has 2 fully saturated rings. The molecule has 2 saturated heterocycles. The molecule has 0 spiro atoms. The van der Waals surface area contributed by atoms with Crippen LogP contribution in [0.5, 0.6) is 5.75 Å². The van der Waals surface area contributed by atoms with Gasteiger partial charge >= 0.3 is 0 Å². The van der Waals surface area contributed by atoms with Gasteiger partial charge in [-0.15, -0.1) is 0 Å². The molecule has 3 aliphatic rings. The Balaban J connectivity index is 1.39. The Morgan fingerprint density at radius 2 is 1.90 bits per heavy atom. The summed E-state index contributed by atoms with van der Waals surface area (Å²) in [7, 11) is 0. The van der Waals surface area contributed by atoms with Crippen molar-refractivity contribution in [2.45, 2.75) is 51.3 Å². The van der Waals surface area contributed by atoms with Crippen LogP contribution in [0.1, 0.15) is 48.5 Å². The lowest BCUT2D eigenvalue weighted by molar-refractivity contribution is -0.137. The van der Waals surface area contributed by atoms with E-state index >= 15 is 0 Å². The Morgan fingerprint density at radius 3 is 2.62 bits per heavy atom. The number of likely N-dealkylation sites (tertiary alicyclic amines) is 1. The molecule has 3 aliphatic heterocycles. The van der Waals surface area contributed by atoms with Crippen molar-refractivity contribution in [3.8, 4) is 5.75 Å². The number of nitrogens with one attached hydrogen (secondary N) is 1. The molecule has 29 heavy (non-hydrogen) atoms. The third-order valence-corrected chi connectivity index (χ3v) is 5.76. The summed E-state index contributed by atoms with van der Waals surface area (Å²) >= 11 is 0. The summed E-state index contributed by atoms with van der Waals surface area (Å²) in [5, 5.41) is 2.31. The number of nitrogens with zero attached hydrogens (tertiary/aromatic N) is 2. The fourth-order valence-corrected chi connectivity index (χ4v) is 4.24. The Labute approximate surface area is 169 Å². The van der Waals surface area contributed by atoms with Crippen LogP contribution in [0.15, 0.2) is 18.2 Å². The zero-order chi connectivity index (χ0) is 20.5. The van der Waals surface area contributed by atoms with Gasteiger partial charge in [0.1, 0.15) is 23.7 Å². The molecule has 1 unspecified atom stereocenters. The highest BCUT2D eigenvalue weighted by Crippen LogP contribution is 2.30. The third-order valence-electron chi connectivity index (χ3n) is 5.76. The highest BCUT2D eigenvalue weighted by molar-refractivity contribution is 6.05. The summed E-state index contributed by atoms with van der Waals surface area (Å²) in [6, 6.07) is 4.76. The minimum atomic E-state index is -0.613. The molecule has 0 bridgehead atoms. The summed E-state index contributed by atoms with van der Waals surface area (Å²) in [5.41, 5.74) is 1.40. The minimum Gasteiger partial charge on any atom is -0.489 e. The van der Waals surface area contributed by atoms with Crippen LogP contribution in [-0.2, 0) is 20.9 Å². The normalized spacial score (nSPS) is 23.8. The number of carbonyl (C=O) groups excluding carboxylic acids is 4. The van der Waals surface area contributed by atoms with Crippen LogP contribution >= 0.6 is 0 Å². The molecule has 1 aromatic rings. The average molecular weight is 399 g/mol. The van der Waals surface area contributed by atoms with E-state index in [1.807, 2.05) is 13.0 Å². The fraction of sp³-hybridized carbons (Fsp3) is 0.524. The number of amides is 3. The van der Waals surface area contributed by atoms with Crippen LogP contribution in [-0.4, -0.2) is 65.1 Å². The molecule has 8 heteroatoms. The lowest BCUT2D eigenvalue weighted by Crippen LogP contribution is -2.52. The SMILES string of the molecule is CC(CN1CCC(=O)CC1)Oc1ccc2c(c1)CN([C@@H]1CCC(=O)NC1=O)C2=O. The van der Waals surface area contributed by atoms with E-state index in [2.05, 4.69) is 10.2 Å². The molecule has 0 aliphatic carbocycles. The van der Waals surface area contributed by atoms with E-state index in [1.54, 1.807) is 12.1 Å². The van der Waals surface area contributed by atoms with Gasteiger partial charge in [0.25, 0.3) is 5.91 Å². The van der Waals surface area contributed by atoms with E-state index in [4.69, 9.17) is 4.74 Å². The Kier molecular flexibility index (Phi) is 5.36. The third kappa shape index (κ3) is 4.17. The van der Waals surface area contributed by atoms with Crippen molar-refractivity contribution in [3.63, 3.8) is 0 Å². The number of hydrogen-bond donors (Lipinski definition) is 1. The molecule has 0 radical (unpaired) electrons. The van der Waals surface area contributed by atoms with Crippen molar-refractivity contribution in [2.75, 3.05) is 19.6 Å². The van der Waals surface area contributed by atoms with E-state index in [9.17, 15) is 19.2 Å². The molecule has 4 rings (SSSR count). The summed E-state index contributed by atoms with van der Waals surface area (Å²) in [6.45, 7) is 4.61. The molecule has 1 N–H and O–H groups in total. The van der Waals surface area contributed by atoms with Gasteiger partial charge in [0.05, 0.1) is 0 Å². The first-order valence-electron chi connectivity index (χ1n) is 10.1. The molecule has 0 aromatic heterocycles. The average Bonchev–Trinajstić information content (AvgIpc) is 2.99. The second kappa shape index (κ2) is 7.94. The van der Waals surface area contributed by atoms with Crippen molar-refractivity contribution < 1.29 is 23.9 Å². The van der Waals surface area contributed by atoms with Gasteiger partial charge in [-0.05, 0) is 37.1 Å². The number of ether oxygens (including phenoxy) is 1. The fourth-order valence-electron chi connectivity index (χ4n) is 4.24. The topological polar surface area (TPSA) is 96.0 Å². The van der Waals surface area contributed by atoms with Crippen LogP contribution < -0.4 is 10.1 Å². The standard InChI is InChI=1S/C21H25N3O5/c1-13(11-23-8-6-15(25)7-9-23)29-16-2-3-17-14(10-16)12-24(21(17)28)18-4-5-19(26)22-20(18)27/h2-3,10,13,18H,4-9,11-12H2,1H3,(H,22,26,27)/t13?,18-/m1/s1. The van der Waals surface area contributed by atoms with Gasteiger partial charge in [-0.3, -0.25) is 29.4 Å². The lowest BCUT2D eigenvalue weighted by atomic mass is 10.0. The molecule has 1 aromatic carbocycles. The van der Waals surface area contributed by atoms with Crippen molar-refractivity contribution >= 4 is 23.5 Å². The maximum Gasteiger partial charge on any atom is 0.255 e. The van der Waals surface area contributed by atoms with Crippen LogP contribution in [0.25, 0.3) is 0 Å². The summed E-state index contributed by atoms with van der Waals surface area (Å²) in [6.07, 6.45) is 1.74. The Bertz CT molecular complexity index is 858. The Morgan fingerprint density at radius 1 is 1.14 bits per heavy atom. The van der Waals surface area contributed by atoms with Gasteiger partial charge in [0, 0.05) is 51.0 Å². The lowest BCUT2D eigenvalue weighted by Gasteiger charge is -2.29. The van der Waals surface area contributed by atoms with Crippen LogP contribution in [0.3, 0.4) is 0 Å². The van der Waals surface area contributed by atoms with Crippen molar-refractivity contribution in [3.05, 3.63) is 29.3 Å². The van der Waals surface area contributed by atoms with Crippen molar-refractivity contribution in [1.29, 1.82) is 0 Å². The number of carbonyl (C=O) groups is 4. The van der Waals surface area contributed by atoms with Crippen molar-refractivity contribution in [2.24, 2.45) is 0 Å². The second-order valence-corrected chi connectivity index (χ2v) is 7.99. The summed E-state index contributed by atoms with van der Waals surface area (Å²) in [5.74, 6) is 0.110. The smallest absolute Gasteiger partial charge is 0.255 e. The van der Waals surface area contributed by atoms with Gasteiger partial charge in [0.2, 0.25) is 11.8 Å². The number of rotatable bonds is 5. The molecular weight excluding hydrogens is 374 g/mol. The number of benzene rings is 1. The first-order chi connectivity index (χ1) is 13.9. The first-order valence-corrected chi connectivity index (χ1v) is 10.1. The van der Waals surface area contributed by atoms with Crippen LogP contribution in [0.2, 0.25) is 0 Å². The summed E-state index contributed by atoms with van der Waals surface area (Å²) < 4.78 is 6.04. The number of hydrogen-bond acceptors (Lipinski definition) is 6. The van der Waals surface area contributed by atoms with Gasteiger partial charge in [-0.2, -0.15) is 0 Å². The monoisotopic (exact) mass is 399 g/mol. The predicted octanol–water partition coefficient (Wildman–Crippen LogP) is 0.880. The molecule has 3 heterocycles. The quantitative estimate of drug-likeness (QED) is 0.739. The second-order valence-electron chi connectivity index (χ2n) is 7.99. The van der Waals surface area contributed by atoms with Crippen LogP contribution in [0, 0.1) is 0 Å². The largest absolute Gasteiger partial charge is 0.489 e. The molecule has 2 atom stereocenters. The minimum absolute atomic E-state index is 0.0513. The van der Waals surface area contributed by atoms with E-state index in [-0.39, 0.29) is 24.3 Å². The summed E-state index contributed by atoms with van der Waals surface area (Å²) in [4.78, 5) is 51.4. The van der Waals surface area contributed by atoms with E-state index in [0.717, 1.165) is 25.2 Å². The number of Topliss-reactive ketones (excluding diaryl/α,β-unsaturated/α-hetero) is 1. The predicted molar refractivity (Wildman–Crippen MR) is 103 cm³/mol. The molecule has 0 saturated carbocycles. The molecule has 8 nitrogen and oxygen atoms in total. The maximum atomic E-state index is 12.7. The number of fused-ring (bicyclic) bond motifs is 1. The van der Waals surface area contributed by atoms with Crippen LogP contribution in [0.4, 0.5) is 0 Å². The van der Waals surface area contributed by atoms with Gasteiger partial charge in [-0.1, -0.05) is 0 Å². The highest BCUT2D eigenvalue weighted by Gasteiger charge is 2.39. The van der Waals surface area contributed by atoms with Gasteiger partial charge in [0.15, 0.2) is 0 Å². The number of piperidine rings is 2. The highest BCUT2D eigenvalue weighted by atomic mass is 16.5. The van der Waals surface area contributed by atoms with E-state index < -0.39 is 11.9 Å². The van der Waals surface area contributed by atoms with Gasteiger partial charge < -0.3 is 9.64 Å². The van der Waals surface area contributed by atoms with E-state index in [1.165, 1.54) is 4.90 Å². The molecular formula is C21H25N3O5. The number of ketones is 1. The first kappa shape index (κ1) is 19.6. The molecule has 3 amide bonds. The van der Waals surface area contributed by atoms with Crippen molar-refractivity contribution in [1.82, 2.24) is 15.1 Å².